The summed E-state index contributed by atoms with van der Waals surface area (Å²) < 4.78 is 1.14. The van der Waals surface area contributed by atoms with Gasteiger partial charge < -0.3 is 10.4 Å². The van der Waals surface area contributed by atoms with Crippen molar-refractivity contribution in [1.29, 1.82) is 0 Å². The number of amides is 1. The van der Waals surface area contributed by atoms with Gasteiger partial charge in [-0.3, -0.25) is 19.6 Å². The maximum atomic E-state index is 12.5. The number of aliphatic carboxylic acids is 1. The zero-order valence-corrected chi connectivity index (χ0v) is 13.7. The van der Waals surface area contributed by atoms with Gasteiger partial charge in [0.1, 0.15) is 24.0 Å². The average Bonchev–Trinajstić information content (AvgIpc) is 3.06. The van der Waals surface area contributed by atoms with Crippen molar-refractivity contribution >= 4 is 17.6 Å². The van der Waals surface area contributed by atoms with E-state index in [-0.39, 0.29) is 12.1 Å². The molecule has 0 aliphatic carbocycles. The standard InChI is InChI=1S/C16H18N4O5/c1-16(2,19-10-12(9-17-19)20(24)25)15(23)18-13(14(21)22)8-11-6-4-3-5-7-11/h3-7,9-10,13H,8H2,1-2H3,(H,18,23)(H,21,22). The summed E-state index contributed by atoms with van der Waals surface area (Å²) in [5, 5.41) is 26.4. The highest BCUT2D eigenvalue weighted by atomic mass is 16.6. The summed E-state index contributed by atoms with van der Waals surface area (Å²) in [7, 11) is 0. The van der Waals surface area contributed by atoms with E-state index in [0.717, 1.165) is 22.6 Å². The van der Waals surface area contributed by atoms with Gasteiger partial charge >= 0.3 is 11.7 Å². The fourth-order valence-electron chi connectivity index (χ4n) is 2.20. The molecule has 0 aliphatic heterocycles. The summed E-state index contributed by atoms with van der Waals surface area (Å²) in [4.78, 5) is 34.2. The van der Waals surface area contributed by atoms with Gasteiger partial charge in [0, 0.05) is 6.42 Å². The Morgan fingerprint density at radius 2 is 2.00 bits per heavy atom. The molecule has 0 bridgehead atoms. The topological polar surface area (TPSA) is 127 Å². The molecule has 132 valence electrons. The van der Waals surface area contributed by atoms with Crippen LogP contribution in [0.15, 0.2) is 42.7 Å². The lowest BCUT2D eigenvalue weighted by atomic mass is 10.0. The minimum Gasteiger partial charge on any atom is -0.480 e. The van der Waals surface area contributed by atoms with Crippen molar-refractivity contribution in [2.45, 2.75) is 31.8 Å². The van der Waals surface area contributed by atoms with Gasteiger partial charge in [-0.15, -0.1) is 0 Å². The lowest BCUT2D eigenvalue weighted by Crippen LogP contribution is -2.51. The third-order valence-electron chi connectivity index (χ3n) is 3.79. The molecule has 2 N–H and O–H groups in total. The van der Waals surface area contributed by atoms with Crippen molar-refractivity contribution < 1.29 is 19.6 Å². The molecule has 0 spiro atoms. The molecule has 1 amide bonds. The Bertz CT molecular complexity index is 785. The predicted molar refractivity (Wildman–Crippen MR) is 87.9 cm³/mol. The minimum atomic E-state index is -1.29. The maximum absolute atomic E-state index is 12.5. The Labute approximate surface area is 143 Å². The second-order valence-corrected chi connectivity index (χ2v) is 6.01. The highest BCUT2D eigenvalue weighted by molar-refractivity contribution is 5.88. The van der Waals surface area contributed by atoms with Crippen LogP contribution in [0.4, 0.5) is 5.69 Å². The van der Waals surface area contributed by atoms with E-state index < -0.39 is 28.4 Å². The first kappa shape index (κ1) is 18.1. The Hall–Kier alpha value is -3.23. The summed E-state index contributed by atoms with van der Waals surface area (Å²) >= 11 is 0. The first-order valence-electron chi connectivity index (χ1n) is 7.49. The van der Waals surface area contributed by atoms with E-state index in [1.54, 1.807) is 24.3 Å². The molecule has 1 aromatic heterocycles. The van der Waals surface area contributed by atoms with Crippen molar-refractivity contribution in [3.8, 4) is 0 Å². The zero-order chi connectivity index (χ0) is 18.6. The Kier molecular flexibility index (Phi) is 5.16. The molecule has 0 radical (unpaired) electrons. The van der Waals surface area contributed by atoms with Crippen LogP contribution in [0.1, 0.15) is 19.4 Å². The average molecular weight is 346 g/mol. The second-order valence-electron chi connectivity index (χ2n) is 6.01. The van der Waals surface area contributed by atoms with Gasteiger partial charge in [0.25, 0.3) is 0 Å². The van der Waals surface area contributed by atoms with Gasteiger partial charge in [0.15, 0.2) is 0 Å². The number of nitro groups is 1. The molecule has 1 unspecified atom stereocenters. The predicted octanol–water partition coefficient (Wildman–Crippen LogP) is 1.34. The van der Waals surface area contributed by atoms with Crippen LogP contribution in [0.5, 0.6) is 0 Å². The number of nitrogens with zero attached hydrogens (tertiary/aromatic N) is 3. The lowest BCUT2D eigenvalue weighted by molar-refractivity contribution is -0.385. The van der Waals surface area contributed by atoms with Crippen LogP contribution < -0.4 is 5.32 Å². The van der Waals surface area contributed by atoms with Crippen molar-refractivity contribution in [2.24, 2.45) is 0 Å². The molecule has 1 heterocycles. The normalized spacial score (nSPS) is 12.4. The maximum Gasteiger partial charge on any atom is 0.326 e. The van der Waals surface area contributed by atoms with Crippen molar-refractivity contribution in [1.82, 2.24) is 15.1 Å². The number of carboxylic acid groups (broad SMARTS) is 1. The Balaban J connectivity index is 2.15. The smallest absolute Gasteiger partial charge is 0.326 e. The van der Waals surface area contributed by atoms with E-state index in [4.69, 9.17) is 0 Å². The number of carbonyl (C=O) groups excluding carboxylic acids is 1. The Morgan fingerprint density at radius 1 is 1.36 bits per heavy atom. The Morgan fingerprint density at radius 3 is 2.52 bits per heavy atom. The number of hydrogen-bond acceptors (Lipinski definition) is 5. The molecule has 2 aromatic rings. The van der Waals surface area contributed by atoms with Crippen LogP contribution in [0.3, 0.4) is 0 Å². The molecule has 2 rings (SSSR count). The van der Waals surface area contributed by atoms with Crippen LogP contribution in [0.25, 0.3) is 0 Å². The molecular weight excluding hydrogens is 328 g/mol. The molecule has 0 aliphatic rings. The molecule has 0 saturated carbocycles. The third kappa shape index (κ3) is 4.19. The number of hydrogen-bond donors (Lipinski definition) is 2. The number of carboxylic acids is 1. The van der Waals surface area contributed by atoms with Crippen molar-refractivity contribution in [3.05, 3.63) is 58.4 Å². The quantitative estimate of drug-likeness (QED) is 0.575. The summed E-state index contributed by atoms with van der Waals surface area (Å²) in [5.41, 5.74) is -0.777. The lowest BCUT2D eigenvalue weighted by Gasteiger charge is -2.26. The molecule has 0 fully saturated rings. The van der Waals surface area contributed by atoms with E-state index in [1.807, 2.05) is 6.07 Å². The van der Waals surface area contributed by atoms with Crippen LogP contribution in [0, 0.1) is 10.1 Å². The van der Waals surface area contributed by atoms with Gasteiger partial charge in [0.2, 0.25) is 5.91 Å². The zero-order valence-electron chi connectivity index (χ0n) is 13.7. The molecule has 9 nitrogen and oxygen atoms in total. The fourth-order valence-corrected chi connectivity index (χ4v) is 2.20. The van der Waals surface area contributed by atoms with Gasteiger partial charge in [-0.1, -0.05) is 30.3 Å². The number of nitrogens with one attached hydrogen (secondary N) is 1. The van der Waals surface area contributed by atoms with Gasteiger partial charge in [-0.05, 0) is 19.4 Å². The summed E-state index contributed by atoms with van der Waals surface area (Å²) in [6, 6.07) is 7.78. The molecule has 0 saturated heterocycles. The molecule has 1 aromatic carbocycles. The number of aromatic nitrogens is 2. The molecule has 1 atom stereocenters. The monoisotopic (exact) mass is 346 g/mol. The second kappa shape index (κ2) is 7.12. The first-order valence-corrected chi connectivity index (χ1v) is 7.49. The van der Waals surface area contributed by atoms with Crippen LogP contribution >= 0.6 is 0 Å². The van der Waals surface area contributed by atoms with E-state index in [1.165, 1.54) is 13.8 Å². The SMILES string of the molecule is CC(C)(C(=O)NC(Cc1ccccc1)C(=O)O)n1cc([N+](=O)[O-])cn1. The van der Waals surface area contributed by atoms with Crippen molar-refractivity contribution in [2.75, 3.05) is 0 Å². The fraction of sp³-hybridized carbons (Fsp3) is 0.312. The van der Waals surface area contributed by atoms with Gasteiger partial charge in [0.05, 0.1) is 4.92 Å². The van der Waals surface area contributed by atoms with Crippen LogP contribution in [0.2, 0.25) is 0 Å². The van der Waals surface area contributed by atoms with E-state index in [9.17, 15) is 24.8 Å². The summed E-state index contributed by atoms with van der Waals surface area (Å²) in [6.07, 6.45) is 2.29. The third-order valence-corrected chi connectivity index (χ3v) is 3.79. The minimum absolute atomic E-state index is 0.122. The van der Waals surface area contributed by atoms with E-state index in [2.05, 4.69) is 10.4 Å². The highest BCUT2D eigenvalue weighted by Crippen LogP contribution is 2.19. The van der Waals surface area contributed by atoms with Gasteiger partial charge in [-0.25, -0.2) is 4.79 Å². The number of rotatable bonds is 7. The largest absolute Gasteiger partial charge is 0.480 e. The first-order chi connectivity index (χ1) is 11.7. The number of carbonyl (C=O) groups is 2. The van der Waals surface area contributed by atoms with Crippen molar-refractivity contribution in [3.63, 3.8) is 0 Å². The number of benzene rings is 1. The summed E-state index contributed by atoms with van der Waals surface area (Å²) in [5.74, 6) is -1.77. The van der Waals surface area contributed by atoms with E-state index in [0.29, 0.717) is 0 Å². The van der Waals surface area contributed by atoms with Crippen LogP contribution in [-0.2, 0) is 21.5 Å². The van der Waals surface area contributed by atoms with E-state index >= 15 is 0 Å². The molecule has 9 heteroatoms. The summed E-state index contributed by atoms with van der Waals surface area (Å²) in [6.45, 7) is 3.00. The van der Waals surface area contributed by atoms with Gasteiger partial charge in [-0.2, -0.15) is 5.10 Å². The molecular formula is C16H18N4O5. The van der Waals surface area contributed by atoms with Crippen LogP contribution in [-0.4, -0.2) is 37.7 Å². The highest BCUT2D eigenvalue weighted by Gasteiger charge is 2.34. The molecule has 25 heavy (non-hydrogen) atoms.